The molecule has 0 fully saturated rings. The lowest BCUT2D eigenvalue weighted by Crippen LogP contribution is -1.95. The van der Waals surface area contributed by atoms with Gasteiger partial charge in [0.15, 0.2) is 0 Å². The number of alkyl halides is 1. The van der Waals surface area contributed by atoms with Crippen LogP contribution in [-0.4, -0.2) is 15.4 Å². The Balaban J connectivity index is 2.05. The van der Waals surface area contributed by atoms with Gasteiger partial charge in [-0.2, -0.15) is 0 Å². The molecular formula is C13H13ClN2. The van der Waals surface area contributed by atoms with Crippen molar-refractivity contribution in [2.24, 2.45) is 0 Å². The summed E-state index contributed by atoms with van der Waals surface area (Å²) in [7, 11) is 0. The maximum absolute atomic E-state index is 5.58. The van der Waals surface area contributed by atoms with E-state index in [1.54, 1.807) is 6.20 Å². The van der Waals surface area contributed by atoms with E-state index in [4.69, 9.17) is 11.6 Å². The molecule has 2 aromatic rings. The van der Waals surface area contributed by atoms with Gasteiger partial charge in [-0.1, -0.05) is 36.4 Å². The van der Waals surface area contributed by atoms with Crippen LogP contribution in [0.1, 0.15) is 11.1 Å². The van der Waals surface area contributed by atoms with Crippen LogP contribution in [0, 0.1) is 0 Å². The predicted molar refractivity (Wildman–Crippen MR) is 67.5 cm³/mol. The second kappa shape index (κ2) is 5.52. The van der Waals surface area contributed by atoms with E-state index in [1.165, 1.54) is 11.1 Å². The Labute approximate surface area is 100 Å². The summed E-state index contributed by atoms with van der Waals surface area (Å²) in [5.74, 6) is 0.552. The first kappa shape index (κ1) is 11.0. The molecule has 0 amide bonds. The summed E-state index contributed by atoms with van der Waals surface area (Å²) < 4.78 is 2.05. The van der Waals surface area contributed by atoms with Crippen LogP contribution in [0.25, 0.3) is 6.08 Å². The van der Waals surface area contributed by atoms with Gasteiger partial charge in [0.05, 0.1) is 6.33 Å². The highest BCUT2D eigenvalue weighted by atomic mass is 35.5. The minimum Gasteiger partial charge on any atom is -0.333 e. The zero-order chi connectivity index (χ0) is 11.2. The lowest BCUT2D eigenvalue weighted by Gasteiger charge is -2.02. The van der Waals surface area contributed by atoms with Crippen molar-refractivity contribution in [1.82, 2.24) is 9.55 Å². The number of imidazole rings is 1. The van der Waals surface area contributed by atoms with Gasteiger partial charge in [0, 0.05) is 24.8 Å². The molecule has 0 unspecified atom stereocenters. The van der Waals surface area contributed by atoms with Gasteiger partial charge in [0.2, 0.25) is 0 Å². The van der Waals surface area contributed by atoms with Crippen molar-refractivity contribution >= 4 is 17.7 Å². The van der Waals surface area contributed by atoms with Gasteiger partial charge in [0.1, 0.15) is 0 Å². The average Bonchev–Trinajstić information content (AvgIpc) is 2.81. The van der Waals surface area contributed by atoms with Gasteiger partial charge in [-0.15, -0.1) is 11.6 Å². The van der Waals surface area contributed by atoms with E-state index in [2.05, 4.69) is 29.2 Å². The van der Waals surface area contributed by atoms with E-state index in [9.17, 15) is 0 Å². The molecule has 0 aliphatic heterocycles. The van der Waals surface area contributed by atoms with E-state index in [-0.39, 0.29) is 0 Å². The van der Waals surface area contributed by atoms with Crippen molar-refractivity contribution in [2.45, 2.75) is 6.54 Å². The summed E-state index contributed by atoms with van der Waals surface area (Å²) in [6.07, 6.45) is 9.53. The predicted octanol–water partition coefficient (Wildman–Crippen LogP) is 3.18. The highest BCUT2D eigenvalue weighted by molar-refractivity contribution is 6.19. The average molecular weight is 233 g/mol. The van der Waals surface area contributed by atoms with E-state index in [0.29, 0.717) is 5.88 Å². The van der Waals surface area contributed by atoms with Crippen LogP contribution in [-0.2, 0) is 6.54 Å². The molecule has 1 aromatic carbocycles. The molecule has 0 spiro atoms. The molecule has 0 aliphatic carbocycles. The summed E-state index contributed by atoms with van der Waals surface area (Å²) >= 11 is 5.58. The summed E-state index contributed by atoms with van der Waals surface area (Å²) in [5.41, 5.74) is 2.44. The number of halogens is 1. The molecular weight excluding hydrogens is 220 g/mol. The van der Waals surface area contributed by atoms with Gasteiger partial charge in [-0.25, -0.2) is 4.98 Å². The molecule has 16 heavy (non-hydrogen) atoms. The fourth-order valence-electron chi connectivity index (χ4n) is 1.51. The quantitative estimate of drug-likeness (QED) is 0.741. The number of allylic oxidation sites excluding steroid dienone is 1. The summed E-state index contributed by atoms with van der Waals surface area (Å²) in [5, 5.41) is 0. The van der Waals surface area contributed by atoms with Crippen LogP contribution in [0.15, 0.2) is 49.1 Å². The first-order chi connectivity index (χ1) is 7.88. The Bertz CT molecular complexity index is 443. The second-order valence-corrected chi connectivity index (χ2v) is 3.84. The van der Waals surface area contributed by atoms with Crippen molar-refractivity contribution in [3.05, 3.63) is 60.2 Å². The molecule has 1 aromatic heterocycles. The van der Waals surface area contributed by atoms with Crippen molar-refractivity contribution in [1.29, 1.82) is 0 Å². The number of hydrogen-bond donors (Lipinski definition) is 0. The monoisotopic (exact) mass is 232 g/mol. The van der Waals surface area contributed by atoms with E-state index >= 15 is 0 Å². The van der Waals surface area contributed by atoms with E-state index < -0.39 is 0 Å². The van der Waals surface area contributed by atoms with Crippen LogP contribution in [0.4, 0.5) is 0 Å². The van der Waals surface area contributed by atoms with Crippen molar-refractivity contribution < 1.29 is 0 Å². The molecule has 0 radical (unpaired) electrons. The molecule has 0 N–H and O–H groups in total. The van der Waals surface area contributed by atoms with Crippen molar-refractivity contribution in [2.75, 3.05) is 5.88 Å². The zero-order valence-electron chi connectivity index (χ0n) is 8.88. The molecule has 2 rings (SSSR count). The smallest absolute Gasteiger partial charge is 0.0949 e. The van der Waals surface area contributed by atoms with Gasteiger partial charge >= 0.3 is 0 Å². The van der Waals surface area contributed by atoms with Crippen LogP contribution >= 0.6 is 11.6 Å². The summed E-state index contributed by atoms with van der Waals surface area (Å²) in [6, 6.07) is 8.42. The topological polar surface area (TPSA) is 17.8 Å². The molecule has 0 saturated carbocycles. The molecule has 3 heteroatoms. The summed E-state index contributed by atoms with van der Waals surface area (Å²) in [4.78, 5) is 4.01. The maximum atomic E-state index is 5.58. The maximum Gasteiger partial charge on any atom is 0.0949 e. The minimum atomic E-state index is 0.552. The molecule has 0 aliphatic rings. The molecule has 82 valence electrons. The Morgan fingerprint density at radius 1 is 1.25 bits per heavy atom. The molecule has 0 saturated heterocycles. The highest BCUT2D eigenvalue weighted by Gasteiger charge is 1.94. The highest BCUT2D eigenvalue weighted by Crippen LogP contribution is 2.08. The van der Waals surface area contributed by atoms with Crippen LogP contribution in [0.2, 0.25) is 0 Å². The van der Waals surface area contributed by atoms with Crippen molar-refractivity contribution in [3.63, 3.8) is 0 Å². The number of rotatable bonds is 4. The van der Waals surface area contributed by atoms with Crippen LogP contribution in [0.5, 0.6) is 0 Å². The number of hydrogen-bond acceptors (Lipinski definition) is 1. The van der Waals surface area contributed by atoms with E-state index in [1.807, 2.05) is 29.2 Å². The fourth-order valence-corrected chi connectivity index (χ4v) is 1.59. The first-order valence-corrected chi connectivity index (χ1v) is 5.69. The Kier molecular flexibility index (Phi) is 3.78. The van der Waals surface area contributed by atoms with Gasteiger partial charge < -0.3 is 4.57 Å². The zero-order valence-corrected chi connectivity index (χ0v) is 9.64. The molecule has 2 nitrogen and oxygen atoms in total. The third-order valence-corrected chi connectivity index (χ3v) is 2.48. The number of nitrogens with zero attached hydrogens (tertiary/aromatic N) is 2. The van der Waals surface area contributed by atoms with Gasteiger partial charge in [0.25, 0.3) is 0 Å². The lowest BCUT2D eigenvalue weighted by atomic mass is 10.1. The lowest BCUT2D eigenvalue weighted by molar-refractivity contribution is 0.797. The van der Waals surface area contributed by atoms with Gasteiger partial charge in [-0.3, -0.25) is 0 Å². The second-order valence-electron chi connectivity index (χ2n) is 3.53. The third kappa shape index (κ3) is 2.97. The Hall–Kier alpha value is -1.54. The normalized spacial score (nSPS) is 11.1. The Morgan fingerprint density at radius 2 is 2.06 bits per heavy atom. The van der Waals surface area contributed by atoms with Crippen LogP contribution < -0.4 is 0 Å². The van der Waals surface area contributed by atoms with Crippen LogP contribution in [0.3, 0.4) is 0 Å². The molecule has 0 atom stereocenters. The first-order valence-electron chi connectivity index (χ1n) is 5.15. The number of aromatic nitrogens is 2. The van der Waals surface area contributed by atoms with Crippen molar-refractivity contribution in [3.8, 4) is 0 Å². The van der Waals surface area contributed by atoms with Gasteiger partial charge in [-0.05, 0) is 11.1 Å². The standard InChI is InChI=1S/C13H13ClN2/c14-7-1-2-12-3-5-13(6-4-12)10-16-9-8-15-11-16/h1-6,8-9,11H,7,10H2/b2-1+. The van der Waals surface area contributed by atoms with E-state index in [0.717, 1.165) is 6.54 Å². The molecule has 0 bridgehead atoms. The fraction of sp³-hybridized carbons (Fsp3) is 0.154. The molecule has 1 heterocycles. The minimum absolute atomic E-state index is 0.552. The largest absolute Gasteiger partial charge is 0.333 e. The Morgan fingerprint density at radius 3 is 2.69 bits per heavy atom. The number of benzene rings is 1. The third-order valence-electron chi connectivity index (χ3n) is 2.30. The SMILES string of the molecule is ClC/C=C/c1ccc(Cn2ccnc2)cc1. The summed E-state index contributed by atoms with van der Waals surface area (Å²) in [6.45, 7) is 0.861.